The molecule has 0 unspecified atom stereocenters. The van der Waals surface area contributed by atoms with Crippen molar-refractivity contribution >= 4 is 34.2 Å². The summed E-state index contributed by atoms with van der Waals surface area (Å²) in [7, 11) is 0. The summed E-state index contributed by atoms with van der Waals surface area (Å²) in [5, 5.41) is 3.09. The number of carbonyl (C=O) groups excluding carboxylic acids is 2. The third-order valence-corrected chi connectivity index (χ3v) is 2.77. The highest BCUT2D eigenvalue weighted by molar-refractivity contribution is 7.10. The maximum absolute atomic E-state index is 12.0. The molecular weight excluding hydrogens is 266 g/mol. The maximum atomic E-state index is 12.0. The molecule has 1 amide bonds. The fraction of sp³-hybridized carbons (Fsp3) is 0.0833. The van der Waals surface area contributed by atoms with E-state index in [1.54, 1.807) is 30.3 Å². The predicted octanol–water partition coefficient (Wildman–Crippen LogP) is 1.90. The quantitative estimate of drug-likeness (QED) is 0.660. The van der Waals surface area contributed by atoms with Gasteiger partial charge < -0.3 is 15.8 Å². The molecule has 1 aromatic carbocycles. The Balaban J connectivity index is 2.21. The van der Waals surface area contributed by atoms with E-state index in [1.165, 1.54) is 6.92 Å². The van der Waals surface area contributed by atoms with Crippen molar-refractivity contribution in [2.45, 2.75) is 6.92 Å². The number of nitrogens with one attached hydrogen (secondary N) is 1. The molecule has 1 heterocycles. The van der Waals surface area contributed by atoms with Gasteiger partial charge in [-0.3, -0.25) is 9.59 Å². The number of para-hydroxylation sites is 1. The molecule has 7 heteroatoms. The number of benzene rings is 1. The van der Waals surface area contributed by atoms with Crippen LogP contribution in [0.4, 0.5) is 10.8 Å². The fourth-order valence-electron chi connectivity index (χ4n) is 1.43. The van der Waals surface area contributed by atoms with E-state index >= 15 is 0 Å². The molecule has 0 aliphatic carbocycles. The van der Waals surface area contributed by atoms with Crippen LogP contribution in [0, 0.1) is 0 Å². The molecular formula is C12H11N3O3S. The topological polar surface area (TPSA) is 94.3 Å². The van der Waals surface area contributed by atoms with Gasteiger partial charge in [-0.2, -0.15) is 4.37 Å². The van der Waals surface area contributed by atoms with E-state index in [2.05, 4.69) is 9.69 Å². The normalized spacial score (nSPS) is 9.95. The van der Waals surface area contributed by atoms with Gasteiger partial charge in [0.25, 0.3) is 5.91 Å². The van der Waals surface area contributed by atoms with Crippen LogP contribution < -0.4 is 15.8 Å². The Morgan fingerprint density at radius 1 is 1.37 bits per heavy atom. The summed E-state index contributed by atoms with van der Waals surface area (Å²) in [6, 6.07) is 8.01. The summed E-state index contributed by atoms with van der Waals surface area (Å²) in [5.41, 5.74) is 5.78. The van der Waals surface area contributed by atoms with E-state index in [1.807, 2.05) is 0 Å². The van der Waals surface area contributed by atoms with Crippen LogP contribution in [0.25, 0.3) is 0 Å². The minimum absolute atomic E-state index is 0.204. The molecule has 2 aromatic rings. The summed E-state index contributed by atoms with van der Waals surface area (Å²) >= 11 is 1.08. The van der Waals surface area contributed by atoms with Crippen LogP contribution in [0.1, 0.15) is 17.3 Å². The highest BCUT2D eigenvalue weighted by atomic mass is 32.1. The van der Waals surface area contributed by atoms with Crippen molar-refractivity contribution in [1.29, 1.82) is 0 Å². The number of esters is 1. The van der Waals surface area contributed by atoms with E-state index in [-0.39, 0.29) is 11.3 Å². The molecule has 98 valence electrons. The van der Waals surface area contributed by atoms with E-state index in [0.29, 0.717) is 10.8 Å². The lowest BCUT2D eigenvalue weighted by Gasteiger charge is -2.07. The zero-order chi connectivity index (χ0) is 13.8. The van der Waals surface area contributed by atoms with E-state index < -0.39 is 11.9 Å². The molecule has 2 rings (SSSR count). The Bertz CT molecular complexity index is 624. The zero-order valence-corrected chi connectivity index (χ0v) is 10.9. The second kappa shape index (κ2) is 5.49. The van der Waals surface area contributed by atoms with Crippen molar-refractivity contribution < 1.29 is 14.3 Å². The van der Waals surface area contributed by atoms with Gasteiger partial charge in [0.15, 0.2) is 0 Å². The molecule has 0 fully saturated rings. The third-order valence-electron chi connectivity index (χ3n) is 2.16. The summed E-state index contributed by atoms with van der Waals surface area (Å²) in [5.74, 6) is -0.332. The van der Waals surface area contributed by atoms with Gasteiger partial charge in [-0.05, 0) is 23.7 Å². The second-order valence-electron chi connectivity index (χ2n) is 3.66. The molecule has 6 nitrogen and oxygen atoms in total. The van der Waals surface area contributed by atoms with Gasteiger partial charge in [0.05, 0.1) is 5.56 Å². The molecule has 0 aliphatic rings. The van der Waals surface area contributed by atoms with Gasteiger partial charge in [0, 0.05) is 13.0 Å². The summed E-state index contributed by atoms with van der Waals surface area (Å²) in [6.07, 6.45) is 0. The number of nitrogens with two attached hydrogens (primary N) is 1. The lowest BCUT2D eigenvalue weighted by atomic mass is 10.2. The summed E-state index contributed by atoms with van der Waals surface area (Å²) in [4.78, 5) is 23.0. The number of rotatable bonds is 3. The minimum Gasteiger partial charge on any atom is -0.426 e. The highest BCUT2D eigenvalue weighted by Crippen LogP contribution is 2.21. The summed E-state index contributed by atoms with van der Waals surface area (Å²) < 4.78 is 8.92. The first-order valence-electron chi connectivity index (χ1n) is 5.37. The molecule has 0 bridgehead atoms. The number of ether oxygens (including phenoxy) is 1. The largest absolute Gasteiger partial charge is 0.426 e. The molecule has 0 spiro atoms. The van der Waals surface area contributed by atoms with Crippen LogP contribution in [0.3, 0.4) is 0 Å². The lowest BCUT2D eigenvalue weighted by Crippen LogP contribution is -2.14. The van der Waals surface area contributed by atoms with Gasteiger partial charge in [-0.15, -0.1) is 0 Å². The van der Waals surface area contributed by atoms with Gasteiger partial charge in [0.2, 0.25) is 0 Å². The van der Waals surface area contributed by atoms with Gasteiger partial charge in [-0.1, -0.05) is 12.1 Å². The zero-order valence-electron chi connectivity index (χ0n) is 10.0. The van der Waals surface area contributed by atoms with Gasteiger partial charge in [-0.25, -0.2) is 0 Å². The Labute approximate surface area is 113 Å². The number of hydrogen-bond acceptors (Lipinski definition) is 6. The standard InChI is InChI=1S/C12H11N3O3S/c1-7(16)18-9-5-3-2-4-8(9)12(17)14-11-6-10(13)19-15-11/h2-6H,13H2,1H3,(H,14,15,17). The SMILES string of the molecule is CC(=O)Oc1ccccc1C(=O)Nc1cc(N)sn1. The van der Waals surface area contributed by atoms with Crippen LogP contribution in [-0.4, -0.2) is 16.3 Å². The van der Waals surface area contributed by atoms with Crippen molar-refractivity contribution in [3.8, 4) is 5.75 Å². The Kier molecular flexibility index (Phi) is 3.76. The molecule has 3 N–H and O–H groups in total. The predicted molar refractivity (Wildman–Crippen MR) is 72.2 cm³/mol. The average Bonchev–Trinajstić information content (AvgIpc) is 2.74. The van der Waals surface area contributed by atoms with E-state index in [0.717, 1.165) is 11.5 Å². The van der Waals surface area contributed by atoms with Crippen molar-refractivity contribution in [3.63, 3.8) is 0 Å². The van der Waals surface area contributed by atoms with Crippen LogP contribution in [-0.2, 0) is 4.79 Å². The maximum Gasteiger partial charge on any atom is 0.308 e. The fourth-order valence-corrected chi connectivity index (χ4v) is 1.90. The molecule has 0 saturated heterocycles. The van der Waals surface area contributed by atoms with Crippen LogP contribution in [0.5, 0.6) is 5.75 Å². The molecule has 1 aromatic heterocycles. The van der Waals surface area contributed by atoms with E-state index in [9.17, 15) is 9.59 Å². The molecule has 0 aliphatic heterocycles. The second-order valence-corrected chi connectivity index (χ2v) is 4.50. The average molecular weight is 277 g/mol. The van der Waals surface area contributed by atoms with E-state index in [4.69, 9.17) is 10.5 Å². The first kappa shape index (κ1) is 13.0. The Hall–Kier alpha value is -2.41. The monoisotopic (exact) mass is 277 g/mol. The first-order valence-corrected chi connectivity index (χ1v) is 6.14. The highest BCUT2D eigenvalue weighted by Gasteiger charge is 2.14. The molecule has 0 atom stereocenters. The van der Waals surface area contributed by atoms with Crippen molar-refractivity contribution in [2.75, 3.05) is 11.1 Å². The minimum atomic E-state index is -0.488. The number of nitrogens with zero attached hydrogens (tertiary/aromatic N) is 1. The Morgan fingerprint density at radius 2 is 2.11 bits per heavy atom. The van der Waals surface area contributed by atoms with Crippen molar-refractivity contribution in [3.05, 3.63) is 35.9 Å². The van der Waals surface area contributed by atoms with Gasteiger partial charge >= 0.3 is 5.97 Å². The number of anilines is 2. The van der Waals surface area contributed by atoms with Crippen molar-refractivity contribution in [2.24, 2.45) is 0 Å². The smallest absolute Gasteiger partial charge is 0.308 e. The number of aromatic nitrogens is 1. The number of nitrogen functional groups attached to an aromatic ring is 1. The lowest BCUT2D eigenvalue weighted by molar-refractivity contribution is -0.131. The molecule has 19 heavy (non-hydrogen) atoms. The number of amides is 1. The van der Waals surface area contributed by atoms with Crippen LogP contribution in [0.2, 0.25) is 0 Å². The first-order chi connectivity index (χ1) is 9.06. The van der Waals surface area contributed by atoms with Gasteiger partial charge in [0.1, 0.15) is 16.6 Å². The molecule has 0 saturated carbocycles. The third kappa shape index (κ3) is 3.29. The van der Waals surface area contributed by atoms with Crippen LogP contribution >= 0.6 is 11.5 Å². The number of hydrogen-bond donors (Lipinski definition) is 2. The Morgan fingerprint density at radius 3 is 2.74 bits per heavy atom. The van der Waals surface area contributed by atoms with Crippen molar-refractivity contribution in [1.82, 2.24) is 4.37 Å². The molecule has 0 radical (unpaired) electrons. The van der Waals surface area contributed by atoms with Crippen LogP contribution in [0.15, 0.2) is 30.3 Å². The number of carbonyl (C=O) groups is 2. The summed E-state index contributed by atoms with van der Waals surface area (Å²) in [6.45, 7) is 1.27.